The first-order valence-electron chi connectivity index (χ1n) is 10.2. The fourth-order valence-corrected chi connectivity index (χ4v) is 3.60. The molecule has 0 aliphatic carbocycles. The second-order valence-electron chi connectivity index (χ2n) is 7.55. The third-order valence-corrected chi connectivity index (χ3v) is 5.16. The molecule has 1 heterocycles. The number of Topliss-reactive ketones (excluding diaryl/α,β-unsaturated/α-hetero) is 1. The molecule has 2 atom stereocenters. The van der Waals surface area contributed by atoms with Crippen LogP contribution in [-0.4, -0.2) is 36.4 Å². The Morgan fingerprint density at radius 1 is 1.10 bits per heavy atom. The Morgan fingerprint density at radius 3 is 2.50 bits per heavy atom. The fraction of sp³-hybridized carbons (Fsp3) is 0.375. The van der Waals surface area contributed by atoms with E-state index in [9.17, 15) is 14.4 Å². The Balaban J connectivity index is 1.43. The number of esters is 1. The highest BCUT2D eigenvalue weighted by molar-refractivity contribution is 5.99. The molecule has 0 saturated heterocycles. The summed E-state index contributed by atoms with van der Waals surface area (Å²) in [5.74, 6) is 0.00694. The Hall–Kier alpha value is -3.15. The molecule has 0 unspecified atom stereocenters. The monoisotopic (exact) mass is 409 g/mol. The lowest BCUT2D eigenvalue weighted by molar-refractivity contribution is -0.154. The van der Waals surface area contributed by atoms with Crippen LogP contribution >= 0.6 is 0 Å². The molecule has 30 heavy (non-hydrogen) atoms. The summed E-state index contributed by atoms with van der Waals surface area (Å²) >= 11 is 0. The molecule has 1 amide bonds. The molecule has 0 aromatic heterocycles. The van der Waals surface area contributed by atoms with Gasteiger partial charge in [-0.3, -0.25) is 14.4 Å². The van der Waals surface area contributed by atoms with Crippen LogP contribution in [0.25, 0.3) is 0 Å². The smallest absolute Gasteiger partial charge is 0.306 e. The van der Waals surface area contributed by atoms with Gasteiger partial charge in [-0.1, -0.05) is 18.2 Å². The number of hydrogen-bond donors (Lipinski definition) is 0. The SMILES string of the molecule is CC(=O)c1ccc(OCCCC(=O)O[C@H](C)C(=O)N2c3ccccc3C[C@@H]2C)cc1. The Labute approximate surface area is 176 Å². The maximum atomic E-state index is 12.8. The molecular formula is C24H27NO5. The molecule has 0 spiro atoms. The molecule has 1 aliphatic rings. The molecule has 1 aliphatic heterocycles. The van der Waals surface area contributed by atoms with Gasteiger partial charge in [-0.05, 0) is 69.5 Å². The van der Waals surface area contributed by atoms with E-state index in [-0.39, 0.29) is 24.2 Å². The Kier molecular flexibility index (Phi) is 6.87. The van der Waals surface area contributed by atoms with Gasteiger partial charge >= 0.3 is 5.97 Å². The van der Waals surface area contributed by atoms with Gasteiger partial charge in [-0.2, -0.15) is 0 Å². The van der Waals surface area contributed by atoms with Crippen molar-refractivity contribution in [2.75, 3.05) is 11.5 Å². The van der Waals surface area contributed by atoms with Crippen LogP contribution in [0.1, 0.15) is 49.5 Å². The van der Waals surface area contributed by atoms with Crippen molar-refractivity contribution in [2.24, 2.45) is 0 Å². The summed E-state index contributed by atoms with van der Waals surface area (Å²) in [6.07, 6.45) is 0.589. The minimum Gasteiger partial charge on any atom is -0.494 e. The number of benzene rings is 2. The van der Waals surface area contributed by atoms with Gasteiger partial charge in [0.25, 0.3) is 5.91 Å². The molecule has 3 rings (SSSR count). The number of para-hydroxylation sites is 1. The van der Waals surface area contributed by atoms with Crippen molar-refractivity contribution in [1.82, 2.24) is 0 Å². The van der Waals surface area contributed by atoms with E-state index < -0.39 is 12.1 Å². The average Bonchev–Trinajstić information content (AvgIpc) is 3.06. The van der Waals surface area contributed by atoms with Crippen molar-refractivity contribution in [3.63, 3.8) is 0 Å². The number of hydrogen-bond acceptors (Lipinski definition) is 5. The van der Waals surface area contributed by atoms with E-state index in [0.29, 0.717) is 24.3 Å². The normalized spacial score (nSPS) is 16.0. The van der Waals surface area contributed by atoms with Crippen molar-refractivity contribution in [1.29, 1.82) is 0 Å². The van der Waals surface area contributed by atoms with E-state index in [0.717, 1.165) is 17.7 Å². The third kappa shape index (κ3) is 5.06. The third-order valence-electron chi connectivity index (χ3n) is 5.16. The topological polar surface area (TPSA) is 72.9 Å². The summed E-state index contributed by atoms with van der Waals surface area (Å²) in [7, 11) is 0. The predicted molar refractivity (Wildman–Crippen MR) is 114 cm³/mol. The predicted octanol–water partition coefficient (Wildman–Crippen LogP) is 3.96. The lowest BCUT2D eigenvalue weighted by atomic mass is 10.1. The summed E-state index contributed by atoms with van der Waals surface area (Å²) in [6, 6.07) is 14.7. The number of anilines is 1. The number of carbonyl (C=O) groups excluding carboxylic acids is 3. The second kappa shape index (κ2) is 9.57. The fourth-order valence-electron chi connectivity index (χ4n) is 3.60. The first kappa shape index (κ1) is 21.6. The lowest BCUT2D eigenvalue weighted by Gasteiger charge is -2.25. The summed E-state index contributed by atoms with van der Waals surface area (Å²) in [6.45, 7) is 5.46. The van der Waals surface area contributed by atoms with E-state index in [4.69, 9.17) is 9.47 Å². The van der Waals surface area contributed by atoms with Crippen molar-refractivity contribution in [2.45, 2.75) is 52.2 Å². The molecule has 2 aromatic rings. The number of fused-ring (bicyclic) bond motifs is 1. The maximum Gasteiger partial charge on any atom is 0.306 e. The highest BCUT2D eigenvalue weighted by atomic mass is 16.5. The second-order valence-corrected chi connectivity index (χ2v) is 7.55. The van der Waals surface area contributed by atoms with Crippen LogP contribution in [0.2, 0.25) is 0 Å². The largest absolute Gasteiger partial charge is 0.494 e. The van der Waals surface area contributed by atoms with Crippen molar-refractivity contribution < 1.29 is 23.9 Å². The van der Waals surface area contributed by atoms with E-state index in [2.05, 4.69) is 0 Å². The molecule has 158 valence electrons. The van der Waals surface area contributed by atoms with E-state index >= 15 is 0 Å². The number of ether oxygens (including phenoxy) is 2. The molecule has 6 nitrogen and oxygen atoms in total. The summed E-state index contributed by atoms with van der Waals surface area (Å²) < 4.78 is 10.9. The quantitative estimate of drug-likeness (QED) is 0.375. The molecule has 0 N–H and O–H groups in total. The minimum atomic E-state index is -0.842. The van der Waals surface area contributed by atoms with E-state index in [1.165, 1.54) is 6.92 Å². The Bertz CT molecular complexity index is 921. The maximum absolute atomic E-state index is 12.8. The van der Waals surface area contributed by atoms with Crippen molar-refractivity contribution >= 4 is 23.3 Å². The van der Waals surface area contributed by atoms with Crippen LogP contribution in [0.4, 0.5) is 5.69 Å². The van der Waals surface area contributed by atoms with Gasteiger partial charge in [0, 0.05) is 23.7 Å². The van der Waals surface area contributed by atoms with Gasteiger partial charge in [0.2, 0.25) is 0 Å². The molecule has 6 heteroatoms. The van der Waals surface area contributed by atoms with Crippen LogP contribution < -0.4 is 9.64 Å². The van der Waals surface area contributed by atoms with Gasteiger partial charge in [0.05, 0.1) is 6.61 Å². The highest BCUT2D eigenvalue weighted by Gasteiger charge is 2.34. The number of carbonyl (C=O) groups is 3. The van der Waals surface area contributed by atoms with Crippen LogP contribution in [0.5, 0.6) is 5.75 Å². The van der Waals surface area contributed by atoms with Gasteiger partial charge in [-0.15, -0.1) is 0 Å². The minimum absolute atomic E-state index is 0.000209. The zero-order chi connectivity index (χ0) is 21.7. The number of nitrogens with zero attached hydrogens (tertiary/aromatic N) is 1. The molecule has 0 saturated carbocycles. The molecule has 2 aromatic carbocycles. The van der Waals surface area contributed by atoms with Gasteiger partial charge in [0.15, 0.2) is 11.9 Å². The van der Waals surface area contributed by atoms with Gasteiger partial charge in [0.1, 0.15) is 5.75 Å². The number of rotatable bonds is 8. The Morgan fingerprint density at radius 2 is 1.80 bits per heavy atom. The lowest BCUT2D eigenvalue weighted by Crippen LogP contribution is -2.43. The molecule has 0 fully saturated rings. The van der Waals surface area contributed by atoms with Crippen LogP contribution in [0.3, 0.4) is 0 Å². The van der Waals surface area contributed by atoms with Gasteiger partial charge < -0.3 is 14.4 Å². The van der Waals surface area contributed by atoms with E-state index in [1.807, 2.05) is 31.2 Å². The summed E-state index contributed by atoms with van der Waals surface area (Å²) in [5.41, 5.74) is 2.65. The van der Waals surface area contributed by atoms with E-state index in [1.54, 1.807) is 36.1 Å². The van der Waals surface area contributed by atoms with Crippen LogP contribution in [0, 0.1) is 0 Å². The van der Waals surface area contributed by atoms with Crippen molar-refractivity contribution in [3.05, 3.63) is 59.7 Å². The standard InChI is InChI=1S/C24H27NO5/c1-16-15-20-7-4-5-8-22(20)25(16)24(28)18(3)30-23(27)9-6-14-29-21-12-10-19(11-13-21)17(2)26/h4-5,7-8,10-13,16,18H,6,9,14-15H2,1-3H3/t16-,18+/m0/s1. The first-order chi connectivity index (χ1) is 14.4. The van der Waals surface area contributed by atoms with Gasteiger partial charge in [-0.25, -0.2) is 0 Å². The summed E-state index contributed by atoms with van der Waals surface area (Å²) in [4.78, 5) is 38.0. The number of amides is 1. The molecule has 0 radical (unpaired) electrons. The molecular weight excluding hydrogens is 382 g/mol. The highest BCUT2D eigenvalue weighted by Crippen LogP contribution is 2.32. The zero-order valence-electron chi connectivity index (χ0n) is 17.6. The van der Waals surface area contributed by atoms with Crippen LogP contribution in [-0.2, 0) is 20.7 Å². The molecule has 0 bridgehead atoms. The van der Waals surface area contributed by atoms with Crippen molar-refractivity contribution in [3.8, 4) is 5.75 Å². The average molecular weight is 409 g/mol. The van der Waals surface area contributed by atoms with Crippen LogP contribution in [0.15, 0.2) is 48.5 Å². The zero-order valence-corrected chi connectivity index (χ0v) is 17.6. The number of ketones is 1. The summed E-state index contributed by atoms with van der Waals surface area (Å²) in [5, 5.41) is 0. The first-order valence-corrected chi connectivity index (χ1v) is 10.2.